The Labute approximate surface area is 92.6 Å². The number of halogens is 1. The fraction of sp³-hybridized carbons (Fsp3) is 0.400. The molecule has 0 radical (unpaired) electrons. The monoisotopic (exact) mass is 254 g/mol. The minimum atomic E-state index is -0.779. The van der Waals surface area contributed by atoms with E-state index in [1.807, 2.05) is 26.0 Å². The van der Waals surface area contributed by atoms with Gasteiger partial charge in [0.05, 0.1) is 5.60 Å². The summed E-state index contributed by atoms with van der Waals surface area (Å²) in [6, 6.07) is 6.07. The summed E-state index contributed by atoms with van der Waals surface area (Å²) in [6.45, 7) is 3.94. The van der Waals surface area contributed by atoms with E-state index in [0.29, 0.717) is 0 Å². The van der Waals surface area contributed by atoms with E-state index in [0.717, 1.165) is 21.9 Å². The largest absolute Gasteiger partial charge is 0.492 e. The Hall–Kier alpha value is -0.315. The van der Waals surface area contributed by atoms with Crippen molar-refractivity contribution in [2.24, 2.45) is 0 Å². The second kappa shape index (κ2) is 3.37. The molecular formula is C10H12BBrO2. The Balaban J connectivity index is 2.52. The Bertz CT molecular complexity index is 365. The highest BCUT2D eigenvalue weighted by Gasteiger charge is 2.40. The lowest BCUT2D eigenvalue weighted by Crippen LogP contribution is -2.28. The maximum atomic E-state index is 9.70. The first-order valence-electron chi connectivity index (χ1n) is 4.60. The van der Waals surface area contributed by atoms with E-state index in [1.165, 1.54) is 0 Å². The lowest BCUT2D eigenvalue weighted by Gasteiger charge is -2.19. The summed E-state index contributed by atoms with van der Waals surface area (Å²) < 4.78 is 5.46. The molecule has 1 aromatic carbocycles. The van der Waals surface area contributed by atoms with Gasteiger partial charge in [0.1, 0.15) is 0 Å². The van der Waals surface area contributed by atoms with E-state index in [1.54, 1.807) is 0 Å². The van der Waals surface area contributed by atoms with Gasteiger partial charge in [-0.15, -0.1) is 0 Å². The number of hydrogen-bond donors (Lipinski definition) is 1. The van der Waals surface area contributed by atoms with Crippen LogP contribution in [0.1, 0.15) is 25.0 Å². The van der Waals surface area contributed by atoms with E-state index in [2.05, 4.69) is 22.0 Å². The van der Waals surface area contributed by atoms with Crippen LogP contribution < -0.4 is 5.46 Å². The zero-order valence-corrected chi connectivity index (χ0v) is 9.84. The molecule has 1 aromatic rings. The molecule has 74 valence electrons. The van der Waals surface area contributed by atoms with Gasteiger partial charge < -0.3 is 9.68 Å². The molecule has 0 bridgehead atoms. The van der Waals surface area contributed by atoms with Crippen LogP contribution in [-0.2, 0) is 15.6 Å². The van der Waals surface area contributed by atoms with Crippen LogP contribution in [0.2, 0.25) is 0 Å². The van der Waals surface area contributed by atoms with Crippen LogP contribution >= 0.6 is 15.9 Å². The molecular weight excluding hydrogens is 243 g/mol. The van der Waals surface area contributed by atoms with Gasteiger partial charge in [0, 0.05) is 5.33 Å². The fourth-order valence-electron chi connectivity index (χ4n) is 1.85. The summed E-state index contributed by atoms with van der Waals surface area (Å²) in [5.74, 6) is 0. The molecule has 1 aliphatic rings. The highest BCUT2D eigenvalue weighted by atomic mass is 79.9. The summed E-state index contributed by atoms with van der Waals surface area (Å²) in [5.41, 5.74) is 2.75. The molecule has 0 aromatic heterocycles. The van der Waals surface area contributed by atoms with Crippen LogP contribution in [0.25, 0.3) is 0 Å². The maximum Gasteiger partial charge on any atom is 0.492 e. The van der Waals surface area contributed by atoms with Crippen molar-refractivity contribution in [3.05, 3.63) is 29.3 Å². The molecule has 1 N–H and O–H groups in total. The van der Waals surface area contributed by atoms with Gasteiger partial charge in [0.15, 0.2) is 0 Å². The third-order valence-corrected chi connectivity index (χ3v) is 3.24. The zero-order chi connectivity index (χ0) is 10.3. The quantitative estimate of drug-likeness (QED) is 0.609. The predicted molar refractivity (Wildman–Crippen MR) is 60.8 cm³/mol. The lowest BCUT2D eigenvalue weighted by atomic mass is 9.77. The van der Waals surface area contributed by atoms with Crippen molar-refractivity contribution in [2.75, 3.05) is 0 Å². The smallest absolute Gasteiger partial charge is 0.423 e. The molecule has 0 spiro atoms. The first kappa shape index (κ1) is 10.2. The molecule has 0 amide bonds. The number of alkyl halides is 1. The molecule has 0 unspecified atom stereocenters. The average molecular weight is 255 g/mol. The van der Waals surface area contributed by atoms with Crippen molar-refractivity contribution < 1.29 is 9.68 Å². The Morgan fingerprint density at radius 3 is 2.86 bits per heavy atom. The zero-order valence-electron chi connectivity index (χ0n) is 8.25. The van der Waals surface area contributed by atoms with Crippen molar-refractivity contribution in [1.82, 2.24) is 0 Å². The topological polar surface area (TPSA) is 29.5 Å². The van der Waals surface area contributed by atoms with Crippen LogP contribution in [0.5, 0.6) is 0 Å². The average Bonchev–Trinajstić information content (AvgIpc) is 2.37. The maximum absolute atomic E-state index is 9.70. The molecule has 0 atom stereocenters. The third-order valence-electron chi connectivity index (χ3n) is 2.59. The predicted octanol–water partition coefficient (Wildman–Crippen LogP) is 1.53. The summed E-state index contributed by atoms with van der Waals surface area (Å²) >= 11 is 3.39. The molecule has 14 heavy (non-hydrogen) atoms. The normalized spacial score (nSPS) is 18.4. The summed E-state index contributed by atoms with van der Waals surface area (Å²) in [7, 11) is -0.779. The molecule has 0 fully saturated rings. The number of rotatable bonds is 1. The molecule has 0 saturated carbocycles. The van der Waals surface area contributed by atoms with E-state index in [-0.39, 0.29) is 5.60 Å². The first-order valence-corrected chi connectivity index (χ1v) is 5.72. The molecule has 2 rings (SSSR count). The summed E-state index contributed by atoms with van der Waals surface area (Å²) in [4.78, 5) is 0. The van der Waals surface area contributed by atoms with Crippen molar-refractivity contribution in [3.63, 3.8) is 0 Å². The Morgan fingerprint density at radius 1 is 1.50 bits per heavy atom. The van der Waals surface area contributed by atoms with Gasteiger partial charge >= 0.3 is 7.12 Å². The number of benzene rings is 1. The van der Waals surface area contributed by atoms with Gasteiger partial charge in [-0.1, -0.05) is 34.1 Å². The van der Waals surface area contributed by atoms with Crippen LogP contribution in [0.15, 0.2) is 18.2 Å². The lowest BCUT2D eigenvalue weighted by molar-refractivity contribution is 0.101. The van der Waals surface area contributed by atoms with E-state index in [4.69, 9.17) is 4.65 Å². The van der Waals surface area contributed by atoms with Crippen LogP contribution in [-0.4, -0.2) is 12.1 Å². The van der Waals surface area contributed by atoms with E-state index >= 15 is 0 Å². The molecule has 4 heteroatoms. The second-order valence-corrected chi connectivity index (χ2v) is 4.60. The molecule has 1 heterocycles. The van der Waals surface area contributed by atoms with Gasteiger partial charge in [-0.3, -0.25) is 0 Å². The van der Waals surface area contributed by atoms with Gasteiger partial charge in [-0.2, -0.15) is 0 Å². The standard InChI is InChI=1S/C10H12BBrO2/c1-10(2)8-4-3-7(6-12)5-9(8)11(13)14-10/h3-5,13H,6H2,1-2H3. The highest BCUT2D eigenvalue weighted by molar-refractivity contribution is 9.08. The first-order chi connectivity index (χ1) is 6.54. The molecule has 0 aliphatic carbocycles. The Kier molecular flexibility index (Phi) is 2.45. The van der Waals surface area contributed by atoms with Crippen molar-refractivity contribution in [3.8, 4) is 0 Å². The summed E-state index contributed by atoms with van der Waals surface area (Å²) in [6.07, 6.45) is 0. The van der Waals surface area contributed by atoms with Crippen molar-refractivity contribution in [1.29, 1.82) is 0 Å². The van der Waals surface area contributed by atoms with Gasteiger partial charge in [-0.25, -0.2) is 0 Å². The third kappa shape index (κ3) is 1.51. The van der Waals surface area contributed by atoms with Gasteiger partial charge in [-0.05, 0) is 30.4 Å². The van der Waals surface area contributed by atoms with E-state index < -0.39 is 7.12 Å². The molecule has 1 aliphatic heterocycles. The van der Waals surface area contributed by atoms with Crippen molar-refractivity contribution >= 4 is 28.5 Å². The Morgan fingerprint density at radius 2 is 2.21 bits per heavy atom. The fourth-order valence-corrected chi connectivity index (χ4v) is 2.20. The highest BCUT2D eigenvalue weighted by Crippen LogP contribution is 2.29. The second-order valence-electron chi connectivity index (χ2n) is 4.04. The number of hydrogen-bond acceptors (Lipinski definition) is 2. The van der Waals surface area contributed by atoms with Crippen molar-refractivity contribution in [2.45, 2.75) is 24.8 Å². The van der Waals surface area contributed by atoms with Crippen LogP contribution in [0, 0.1) is 0 Å². The summed E-state index contributed by atoms with van der Waals surface area (Å²) in [5, 5.41) is 10.5. The molecule has 2 nitrogen and oxygen atoms in total. The SMILES string of the molecule is CC1(C)OB(O)c2cc(CBr)ccc21. The van der Waals surface area contributed by atoms with Crippen LogP contribution in [0.4, 0.5) is 0 Å². The van der Waals surface area contributed by atoms with Gasteiger partial charge in [0.2, 0.25) is 0 Å². The minimum Gasteiger partial charge on any atom is -0.423 e. The van der Waals surface area contributed by atoms with Gasteiger partial charge in [0.25, 0.3) is 0 Å². The van der Waals surface area contributed by atoms with E-state index in [9.17, 15) is 5.02 Å². The molecule has 0 saturated heterocycles. The minimum absolute atomic E-state index is 0.375. The number of fused-ring (bicyclic) bond motifs is 1. The van der Waals surface area contributed by atoms with Crippen LogP contribution in [0.3, 0.4) is 0 Å².